The molecule has 7 heteroatoms. The highest BCUT2D eigenvalue weighted by molar-refractivity contribution is 7.92. The standard InChI is InChI=1S/C18H20N2O4S/c1-25(22,23)20-16-9-7-15(8-10-16)18(11-12-18)19-17(21)24-13-14-5-3-2-4-6-14/h2-10,20H,11-13H2,1H3,(H,19,21). The lowest BCUT2D eigenvalue weighted by molar-refractivity contribution is 0.134. The highest BCUT2D eigenvalue weighted by Crippen LogP contribution is 2.45. The molecule has 0 radical (unpaired) electrons. The van der Waals surface area contributed by atoms with Gasteiger partial charge >= 0.3 is 6.09 Å². The molecule has 0 spiro atoms. The number of benzene rings is 2. The molecule has 132 valence electrons. The smallest absolute Gasteiger partial charge is 0.408 e. The van der Waals surface area contributed by atoms with E-state index in [0.717, 1.165) is 30.2 Å². The van der Waals surface area contributed by atoms with Crippen LogP contribution in [0.4, 0.5) is 10.5 Å². The second-order valence-corrected chi connectivity index (χ2v) is 7.97. The molecule has 2 aromatic carbocycles. The lowest BCUT2D eigenvalue weighted by atomic mass is 10.0. The lowest BCUT2D eigenvalue weighted by Crippen LogP contribution is -2.35. The van der Waals surface area contributed by atoms with Crippen molar-refractivity contribution < 1.29 is 17.9 Å². The van der Waals surface area contributed by atoms with Crippen molar-refractivity contribution in [3.8, 4) is 0 Å². The number of amides is 1. The SMILES string of the molecule is CS(=O)(=O)Nc1ccc(C2(NC(=O)OCc3ccccc3)CC2)cc1. The van der Waals surface area contributed by atoms with Gasteiger partial charge in [0.2, 0.25) is 10.0 Å². The predicted molar refractivity (Wildman–Crippen MR) is 95.6 cm³/mol. The summed E-state index contributed by atoms with van der Waals surface area (Å²) in [7, 11) is -3.30. The molecule has 6 nitrogen and oxygen atoms in total. The van der Waals surface area contributed by atoms with Crippen LogP contribution in [0.1, 0.15) is 24.0 Å². The number of alkyl carbamates (subject to hydrolysis) is 1. The maximum atomic E-state index is 12.1. The molecular formula is C18H20N2O4S. The van der Waals surface area contributed by atoms with Crippen LogP contribution < -0.4 is 10.0 Å². The summed E-state index contributed by atoms with van der Waals surface area (Å²) in [6.07, 6.45) is 2.30. The largest absolute Gasteiger partial charge is 0.445 e. The van der Waals surface area contributed by atoms with Gasteiger partial charge < -0.3 is 10.1 Å². The molecule has 1 aliphatic carbocycles. The number of carbonyl (C=O) groups excluding carboxylic acids is 1. The molecule has 25 heavy (non-hydrogen) atoms. The first kappa shape index (κ1) is 17.3. The van der Waals surface area contributed by atoms with E-state index in [4.69, 9.17) is 4.74 Å². The number of nitrogens with one attached hydrogen (secondary N) is 2. The van der Waals surface area contributed by atoms with E-state index >= 15 is 0 Å². The second kappa shape index (κ2) is 6.76. The van der Waals surface area contributed by atoms with E-state index in [2.05, 4.69) is 10.0 Å². The number of carbonyl (C=O) groups is 1. The minimum absolute atomic E-state index is 0.222. The molecule has 2 aromatic rings. The van der Waals surface area contributed by atoms with Gasteiger partial charge in [-0.3, -0.25) is 4.72 Å². The molecule has 0 heterocycles. The Morgan fingerprint density at radius 2 is 1.72 bits per heavy atom. The Balaban J connectivity index is 1.59. The molecule has 1 amide bonds. The van der Waals surface area contributed by atoms with Gasteiger partial charge in [0.1, 0.15) is 6.61 Å². The first-order valence-corrected chi connectivity index (χ1v) is 9.83. The minimum atomic E-state index is -3.30. The van der Waals surface area contributed by atoms with Crippen molar-refractivity contribution in [1.82, 2.24) is 5.32 Å². The summed E-state index contributed by atoms with van der Waals surface area (Å²) in [5.74, 6) is 0. The Labute approximate surface area is 147 Å². The highest BCUT2D eigenvalue weighted by atomic mass is 32.2. The van der Waals surface area contributed by atoms with Crippen molar-refractivity contribution in [1.29, 1.82) is 0 Å². The normalized spacial score (nSPS) is 15.2. The van der Waals surface area contributed by atoms with Gasteiger partial charge in [0, 0.05) is 5.69 Å². The maximum Gasteiger partial charge on any atom is 0.408 e. The number of anilines is 1. The van der Waals surface area contributed by atoms with Crippen molar-refractivity contribution in [3.05, 3.63) is 65.7 Å². The second-order valence-electron chi connectivity index (χ2n) is 6.22. The average Bonchev–Trinajstić information content (AvgIpc) is 3.34. The van der Waals surface area contributed by atoms with Gasteiger partial charge in [-0.1, -0.05) is 42.5 Å². The summed E-state index contributed by atoms with van der Waals surface area (Å²) in [6, 6.07) is 16.5. The van der Waals surface area contributed by atoms with Gasteiger partial charge in [0.25, 0.3) is 0 Å². The van der Waals surface area contributed by atoms with Gasteiger partial charge in [-0.2, -0.15) is 0 Å². The van der Waals surface area contributed by atoms with E-state index in [-0.39, 0.29) is 6.61 Å². The summed E-state index contributed by atoms with van der Waals surface area (Å²) in [5.41, 5.74) is 1.94. The Hall–Kier alpha value is -2.54. The maximum absolute atomic E-state index is 12.1. The van der Waals surface area contributed by atoms with E-state index in [1.807, 2.05) is 42.5 Å². The summed E-state index contributed by atoms with van der Waals surface area (Å²) in [6.45, 7) is 0.222. The fraction of sp³-hybridized carbons (Fsp3) is 0.278. The number of rotatable bonds is 6. The zero-order valence-corrected chi connectivity index (χ0v) is 14.7. The van der Waals surface area contributed by atoms with Gasteiger partial charge in [0.15, 0.2) is 0 Å². The molecule has 1 aliphatic rings. The third-order valence-electron chi connectivity index (χ3n) is 4.04. The Kier molecular flexibility index (Phi) is 4.67. The molecule has 1 saturated carbocycles. The van der Waals surface area contributed by atoms with Crippen LogP contribution in [0.2, 0.25) is 0 Å². The van der Waals surface area contributed by atoms with E-state index in [1.165, 1.54) is 0 Å². The number of sulfonamides is 1. The monoisotopic (exact) mass is 360 g/mol. The van der Waals surface area contributed by atoms with Gasteiger partial charge in [-0.25, -0.2) is 13.2 Å². The molecular weight excluding hydrogens is 340 g/mol. The Bertz CT molecular complexity index is 844. The third-order valence-corrected chi connectivity index (χ3v) is 4.65. The summed E-state index contributed by atoms with van der Waals surface area (Å²) < 4.78 is 30.2. The van der Waals surface area contributed by atoms with E-state index in [0.29, 0.717) is 5.69 Å². The van der Waals surface area contributed by atoms with Crippen LogP contribution in [-0.4, -0.2) is 20.8 Å². The van der Waals surface area contributed by atoms with Crippen LogP contribution in [0.5, 0.6) is 0 Å². The van der Waals surface area contributed by atoms with Crippen LogP contribution in [0.25, 0.3) is 0 Å². The number of hydrogen-bond donors (Lipinski definition) is 2. The number of hydrogen-bond acceptors (Lipinski definition) is 4. The molecule has 0 saturated heterocycles. The van der Waals surface area contributed by atoms with Gasteiger partial charge in [0.05, 0.1) is 11.8 Å². The molecule has 0 atom stereocenters. The van der Waals surface area contributed by atoms with Crippen molar-refractivity contribution in [2.45, 2.75) is 25.0 Å². The average molecular weight is 360 g/mol. The quantitative estimate of drug-likeness (QED) is 0.829. The fourth-order valence-corrected chi connectivity index (χ4v) is 3.20. The van der Waals surface area contributed by atoms with Crippen LogP contribution in [-0.2, 0) is 26.9 Å². The van der Waals surface area contributed by atoms with E-state index in [1.54, 1.807) is 12.1 Å². The molecule has 2 N–H and O–H groups in total. The zero-order chi connectivity index (χ0) is 17.9. The summed E-state index contributed by atoms with van der Waals surface area (Å²) >= 11 is 0. The topological polar surface area (TPSA) is 84.5 Å². The fourth-order valence-electron chi connectivity index (χ4n) is 2.64. The van der Waals surface area contributed by atoms with Gasteiger partial charge in [-0.05, 0) is 36.1 Å². The molecule has 0 bridgehead atoms. The zero-order valence-electron chi connectivity index (χ0n) is 13.9. The van der Waals surface area contributed by atoms with Crippen molar-refractivity contribution >= 4 is 21.8 Å². The highest BCUT2D eigenvalue weighted by Gasteiger charge is 2.46. The minimum Gasteiger partial charge on any atom is -0.445 e. The molecule has 0 aromatic heterocycles. The summed E-state index contributed by atoms with van der Waals surface area (Å²) in [5, 5.41) is 2.92. The van der Waals surface area contributed by atoms with Crippen molar-refractivity contribution in [3.63, 3.8) is 0 Å². The Morgan fingerprint density at radius 1 is 1.08 bits per heavy atom. The molecule has 1 fully saturated rings. The van der Waals surface area contributed by atoms with E-state index in [9.17, 15) is 13.2 Å². The van der Waals surface area contributed by atoms with Crippen molar-refractivity contribution in [2.24, 2.45) is 0 Å². The van der Waals surface area contributed by atoms with Crippen LogP contribution in [0, 0.1) is 0 Å². The lowest BCUT2D eigenvalue weighted by Gasteiger charge is -2.18. The third kappa shape index (κ3) is 4.73. The van der Waals surface area contributed by atoms with Crippen LogP contribution in [0.3, 0.4) is 0 Å². The van der Waals surface area contributed by atoms with E-state index < -0.39 is 21.7 Å². The molecule has 0 unspecified atom stereocenters. The van der Waals surface area contributed by atoms with Gasteiger partial charge in [-0.15, -0.1) is 0 Å². The first-order valence-electron chi connectivity index (χ1n) is 7.94. The van der Waals surface area contributed by atoms with Crippen LogP contribution >= 0.6 is 0 Å². The predicted octanol–water partition coefficient (Wildman–Crippen LogP) is 2.97. The van der Waals surface area contributed by atoms with Crippen molar-refractivity contribution in [2.75, 3.05) is 11.0 Å². The first-order chi connectivity index (χ1) is 11.9. The van der Waals surface area contributed by atoms with Crippen LogP contribution in [0.15, 0.2) is 54.6 Å². The number of ether oxygens (including phenoxy) is 1. The summed E-state index contributed by atoms with van der Waals surface area (Å²) in [4.78, 5) is 12.1. The molecule has 3 rings (SSSR count). The Morgan fingerprint density at radius 3 is 2.28 bits per heavy atom. The molecule has 0 aliphatic heterocycles.